The third-order valence-electron chi connectivity index (χ3n) is 1.63. The summed E-state index contributed by atoms with van der Waals surface area (Å²) in [6.07, 6.45) is 1.86. The van der Waals surface area contributed by atoms with Gasteiger partial charge in [-0.25, -0.2) is 9.59 Å². The van der Waals surface area contributed by atoms with Gasteiger partial charge >= 0.3 is 11.8 Å². The van der Waals surface area contributed by atoms with Crippen molar-refractivity contribution in [3.8, 4) is 5.88 Å². The highest BCUT2D eigenvalue weighted by Crippen LogP contribution is 1.99. The van der Waals surface area contributed by atoms with Crippen LogP contribution in [0.4, 0.5) is 4.79 Å². The van der Waals surface area contributed by atoms with E-state index in [2.05, 4.69) is 0 Å². The molecule has 6 nitrogen and oxygen atoms in total. The molecular formula is C8H12N2O4. The summed E-state index contributed by atoms with van der Waals surface area (Å²) >= 11 is 0. The predicted octanol–water partition coefficient (Wildman–Crippen LogP) is 0.667. The van der Waals surface area contributed by atoms with Crippen LogP contribution in [0.15, 0.2) is 11.0 Å². The molecule has 0 unspecified atom stereocenters. The quantitative estimate of drug-likeness (QED) is 0.702. The Morgan fingerprint density at radius 2 is 2.43 bits per heavy atom. The minimum absolute atomic E-state index is 0.272. The van der Waals surface area contributed by atoms with Crippen LogP contribution in [0.25, 0.3) is 0 Å². The number of carbonyl (C=O) groups is 1. The molecule has 1 aromatic rings. The number of unbranched alkanes of at least 4 members (excludes halogenated alkanes) is 1. The monoisotopic (exact) mass is 200 g/mol. The van der Waals surface area contributed by atoms with E-state index >= 15 is 0 Å². The van der Waals surface area contributed by atoms with Gasteiger partial charge in [0.2, 0.25) is 5.88 Å². The Balaban J connectivity index is 2.61. The van der Waals surface area contributed by atoms with Crippen molar-refractivity contribution in [3.63, 3.8) is 0 Å². The number of aromatic nitrogens is 2. The van der Waals surface area contributed by atoms with Crippen LogP contribution in [0, 0.1) is 0 Å². The second-order valence-electron chi connectivity index (χ2n) is 2.78. The maximum absolute atomic E-state index is 11.2. The van der Waals surface area contributed by atoms with Gasteiger partial charge in [-0.15, -0.1) is 0 Å². The van der Waals surface area contributed by atoms with Gasteiger partial charge in [-0.2, -0.15) is 4.57 Å². The van der Waals surface area contributed by atoms with Crippen LogP contribution in [-0.2, 0) is 4.74 Å². The third-order valence-corrected chi connectivity index (χ3v) is 1.63. The van der Waals surface area contributed by atoms with E-state index < -0.39 is 11.8 Å². The third kappa shape index (κ3) is 2.38. The van der Waals surface area contributed by atoms with E-state index in [4.69, 9.17) is 9.84 Å². The molecule has 78 valence electrons. The molecule has 6 heteroatoms. The van der Waals surface area contributed by atoms with E-state index in [0.29, 0.717) is 4.57 Å². The second-order valence-corrected chi connectivity index (χ2v) is 2.78. The van der Waals surface area contributed by atoms with Crippen molar-refractivity contribution in [2.24, 2.45) is 0 Å². The van der Waals surface area contributed by atoms with Gasteiger partial charge in [0.25, 0.3) is 0 Å². The number of ether oxygens (including phenoxy) is 1. The Kier molecular flexibility index (Phi) is 3.33. The van der Waals surface area contributed by atoms with Gasteiger partial charge in [0.15, 0.2) is 0 Å². The molecule has 0 saturated heterocycles. The van der Waals surface area contributed by atoms with Crippen LogP contribution >= 0.6 is 0 Å². The van der Waals surface area contributed by atoms with Crippen molar-refractivity contribution >= 4 is 6.09 Å². The molecule has 0 aliphatic rings. The maximum atomic E-state index is 11.2. The molecule has 14 heavy (non-hydrogen) atoms. The van der Waals surface area contributed by atoms with Gasteiger partial charge in [0, 0.05) is 0 Å². The van der Waals surface area contributed by atoms with E-state index in [9.17, 15) is 9.59 Å². The zero-order valence-corrected chi connectivity index (χ0v) is 7.82. The van der Waals surface area contributed by atoms with E-state index in [1.165, 1.54) is 0 Å². The van der Waals surface area contributed by atoms with Crippen molar-refractivity contribution in [2.45, 2.75) is 19.8 Å². The fourth-order valence-corrected chi connectivity index (χ4v) is 0.892. The summed E-state index contributed by atoms with van der Waals surface area (Å²) in [6.45, 7) is 2.23. The molecule has 0 fully saturated rings. The zero-order chi connectivity index (χ0) is 10.6. The number of hydrogen-bond acceptors (Lipinski definition) is 4. The van der Waals surface area contributed by atoms with E-state index in [0.717, 1.165) is 19.0 Å². The van der Waals surface area contributed by atoms with E-state index in [1.807, 2.05) is 11.9 Å². The molecule has 0 bridgehead atoms. The molecule has 1 heterocycles. The van der Waals surface area contributed by atoms with Crippen molar-refractivity contribution in [1.29, 1.82) is 0 Å². The zero-order valence-electron chi connectivity index (χ0n) is 7.82. The molecule has 2 N–H and O–H groups in total. The summed E-state index contributed by atoms with van der Waals surface area (Å²) < 4.78 is 5.44. The highest BCUT2D eigenvalue weighted by Gasteiger charge is 2.10. The topological polar surface area (TPSA) is 84.3 Å². The molecular weight excluding hydrogens is 188 g/mol. The van der Waals surface area contributed by atoms with Crippen LogP contribution < -0.4 is 5.69 Å². The number of imidazole rings is 1. The summed E-state index contributed by atoms with van der Waals surface area (Å²) in [7, 11) is 0. The number of aromatic amines is 1. The largest absolute Gasteiger partial charge is 0.493 e. The lowest BCUT2D eigenvalue weighted by Gasteiger charge is -2.01. The predicted molar refractivity (Wildman–Crippen MR) is 48.4 cm³/mol. The lowest BCUT2D eigenvalue weighted by atomic mass is 10.4. The average molecular weight is 200 g/mol. The standard InChI is InChI=1S/C8H12N2O4/c1-2-3-4-14-8(13)10-5-6(11)9-7(10)12/h5,11H,2-4H2,1H3,(H,9,12). The Labute approximate surface area is 80.1 Å². The number of rotatable bonds is 3. The number of nitrogens with zero attached hydrogens (tertiary/aromatic N) is 1. The summed E-state index contributed by atoms with van der Waals surface area (Å²) in [4.78, 5) is 24.2. The van der Waals surface area contributed by atoms with Gasteiger partial charge in [-0.05, 0) is 6.42 Å². The molecule has 0 spiro atoms. The summed E-state index contributed by atoms with van der Waals surface area (Å²) in [5, 5.41) is 8.87. The molecule has 0 atom stereocenters. The summed E-state index contributed by atoms with van der Waals surface area (Å²) in [6, 6.07) is 0. The summed E-state index contributed by atoms with van der Waals surface area (Å²) in [5.41, 5.74) is -0.705. The number of H-pyrrole nitrogens is 1. The minimum Gasteiger partial charge on any atom is -0.493 e. The first-order chi connectivity index (χ1) is 6.65. The number of hydrogen-bond donors (Lipinski definition) is 2. The molecule has 0 aliphatic heterocycles. The molecule has 0 radical (unpaired) electrons. The molecule has 0 amide bonds. The van der Waals surface area contributed by atoms with E-state index in [1.54, 1.807) is 0 Å². The number of nitrogens with one attached hydrogen (secondary N) is 1. The normalized spacial score (nSPS) is 10.1. The first-order valence-corrected chi connectivity index (χ1v) is 4.33. The van der Waals surface area contributed by atoms with Crippen molar-refractivity contribution in [2.75, 3.05) is 6.61 Å². The molecule has 0 aliphatic carbocycles. The number of carbonyl (C=O) groups excluding carboxylic acids is 1. The fraction of sp³-hybridized carbons (Fsp3) is 0.500. The number of aromatic hydroxyl groups is 1. The van der Waals surface area contributed by atoms with Crippen LogP contribution in [0.5, 0.6) is 5.88 Å². The van der Waals surface area contributed by atoms with Crippen molar-refractivity contribution in [1.82, 2.24) is 9.55 Å². The molecule has 1 aromatic heterocycles. The second kappa shape index (κ2) is 4.50. The lowest BCUT2D eigenvalue weighted by Crippen LogP contribution is -2.25. The van der Waals surface area contributed by atoms with E-state index in [-0.39, 0.29) is 12.5 Å². The molecule has 0 saturated carbocycles. The summed E-state index contributed by atoms with van der Waals surface area (Å²) in [5.74, 6) is -0.359. The Bertz CT molecular complexity index is 366. The first-order valence-electron chi connectivity index (χ1n) is 4.33. The maximum Gasteiger partial charge on any atom is 0.422 e. The van der Waals surface area contributed by atoms with Gasteiger partial charge in [-0.1, -0.05) is 13.3 Å². The van der Waals surface area contributed by atoms with Crippen molar-refractivity contribution < 1.29 is 14.6 Å². The Hall–Kier alpha value is -1.72. The van der Waals surface area contributed by atoms with Gasteiger partial charge in [0.1, 0.15) is 0 Å². The lowest BCUT2D eigenvalue weighted by molar-refractivity contribution is 0.145. The fourth-order valence-electron chi connectivity index (χ4n) is 0.892. The highest BCUT2D eigenvalue weighted by molar-refractivity contribution is 5.70. The van der Waals surface area contributed by atoms with Crippen LogP contribution in [0.2, 0.25) is 0 Å². The average Bonchev–Trinajstić information content (AvgIpc) is 2.45. The highest BCUT2D eigenvalue weighted by atomic mass is 16.5. The van der Waals surface area contributed by atoms with Crippen molar-refractivity contribution in [3.05, 3.63) is 16.7 Å². The van der Waals surface area contributed by atoms with Gasteiger partial charge < -0.3 is 9.84 Å². The minimum atomic E-state index is -0.778. The van der Waals surface area contributed by atoms with Gasteiger partial charge in [-0.3, -0.25) is 4.98 Å². The molecule has 0 aromatic carbocycles. The van der Waals surface area contributed by atoms with Crippen LogP contribution in [-0.4, -0.2) is 27.4 Å². The van der Waals surface area contributed by atoms with Crippen LogP contribution in [0.1, 0.15) is 19.8 Å². The SMILES string of the molecule is CCCCOC(=O)n1cc(O)[nH]c1=O. The first kappa shape index (κ1) is 10.4. The van der Waals surface area contributed by atoms with Gasteiger partial charge in [0.05, 0.1) is 12.8 Å². The Morgan fingerprint density at radius 3 is 2.93 bits per heavy atom. The molecule has 1 rings (SSSR count). The Morgan fingerprint density at radius 1 is 1.71 bits per heavy atom. The van der Waals surface area contributed by atoms with Crippen LogP contribution in [0.3, 0.4) is 0 Å². The smallest absolute Gasteiger partial charge is 0.422 e.